The minimum Gasteiger partial charge on any atom is -0.355 e. The molecule has 0 spiro atoms. The first-order valence-electron chi connectivity index (χ1n) is 8.29. The summed E-state index contributed by atoms with van der Waals surface area (Å²) in [5.74, 6) is 1.68. The molecule has 0 atom stereocenters. The molecule has 1 aliphatic heterocycles. The van der Waals surface area contributed by atoms with Crippen LogP contribution in [0.2, 0.25) is 0 Å². The molecule has 1 saturated heterocycles. The molecule has 4 nitrogen and oxygen atoms in total. The van der Waals surface area contributed by atoms with E-state index in [0.29, 0.717) is 5.69 Å². The van der Waals surface area contributed by atoms with Crippen LogP contribution in [0.25, 0.3) is 0 Å². The van der Waals surface area contributed by atoms with Crippen molar-refractivity contribution in [1.29, 1.82) is 5.26 Å². The standard InChI is InChI=1S/C19H22N4/c1-15-2-4-16(5-3-15)6-7-17-10-12-23(13-11-17)19-9-8-18(14-20)21-22-19/h2-5,8-9,17H,6-7,10-13H2,1H3. The number of aryl methyl sites for hydroxylation is 2. The highest BCUT2D eigenvalue weighted by Gasteiger charge is 2.20. The van der Waals surface area contributed by atoms with E-state index < -0.39 is 0 Å². The lowest BCUT2D eigenvalue weighted by atomic mass is 9.90. The average molecular weight is 306 g/mol. The fourth-order valence-corrected chi connectivity index (χ4v) is 3.13. The molecule has 2 aromatic rings. The molecule has 0 radical (unpaired) electrons. The third-order valence-electron chi connectivity index (χ3n) is 4.67. The number of hydrogen-bond acceptors (Lipinski definition) is 4. The Morgan fingerprint density at radius 3 is 2.43 bits per heavy atom. The normalized spacial score (nSPS) is 15.4. The molecule has 4 heteroatoms. The molecule has 1 aromatic carbocycles. The number of anilines is 1. The Bertz CT molecular complexity index is 662. The van der Waals surface area contributed by atoms with E-state index in [1.165, 1.54) is 36.8 Å². The summed E-state index contributed by atoms with van der Waals surface area (Å²) in [4.78, 5) is 2.27. The Labute approximate surface area is 137 Å². The second kappa shape index (κ2) is 7.23. The summed E-state index contributed by atoms with van der Waals surface area (Å²) in [5.41, 5.74) is 3.14. The SMILES string of the molecule is Cc1ccc(CCC2CCN(c3ccc(C#N)nn3)CC2)cc1. The number of benzene rings is 1. The molecule has 1 aliphatic rings. The maximum atomic E-state index is 8.78. The fourth-order valence-electron chi connectivity index (χ4n) is 3.13. The molecule has 118 valence electrons. The van der Waals surface area contributed by atoms with Gasteiger partial charge in [-0.25, -0.2) is 0 Å². The van der Waals surface area contributed by atoms with E-state index in [9.17, 15) is 0 Å². The van der Waals surface area contributed by atoms with Crippen LogP contribution < -0.4 is 4.90 Å². The first-order chi connectivity index (χ1) is 11.2. The van der Waals surface area contributed by atoms with Gasteiger partial charge in [-0.1, -0.05) is 29.8 Å². The second-order valence-corrected chi connectivity index (χ2v) is 6.34. The lowest BCUT2D eigenvalue weighted by molar-refractivity contribution is 0.380. The number of rotatable bonds is 4. The predicted octanol–water partition coefficient (Wildman–Crippen LogP) is 3.51. The van der Waals surface area contributed by atoms with Crippen LogP contribution in [0.3, 0.4) is 0 Å². The molecule has 0 unspecified atom stereocenters. The number of nitriles is 1. The van der Waals surface area contributed by atoms with Gasteiger partial charge in [-0.05, 0) is 56.2 Å². The van der Waals surface area contributed by atoms with Gasteiger partial charge in [0, 0.05) is 13.1 Å². The molecule has 0 N–H and O–H groups in total. The Kier molecular flexibility index (Phi) is 4.87. The van der Waals surface area contributed by atoms with Crippen molar-refractivity contribution < 1.29 is 0 Å². The van der Waals surface area contributed by atoms with Crippen molar-refractivity contribution in [3.8, 4) is 6.07 Å². The van der Waals surface area contributed by atoms with Crippen LogP contribution in [-0.4, -0.2) is 23.3 Å². The molecule has 2 heterocycles. The van der Waals surface area contributed by atoms with Crippen LogP contribution in [0, 0.1) is 24.2 Å². The predicted molar refractivity (Wildman–Crippen MR) is 91.2 cm³/mol. The summed E-state index contributed by atoms with van der Waals surface area (Å²) in [6, 6.07) is 14.5. The maximum absolute atomic E-state index is 8.78. The Hall–Kier alpha value is -2.41. The summed E-state index contributed by atoms with van der Waals surface area (Å²) in [6.45, 7) is 4.18. The number of piperidine rings is 1. The van der Waals surface area contributed by atoms with Gasteiger partial charge in [-0.2, -0.15) is 5.26 Å². The topological polar surface area (TPSA) is 52.8 Å². The Morgan fingerprint density at radius 2 is 1.83 bits per heavy atom. The van der Waals surface area contributed by atoms with Gasteiger partial charge >= 0.3 is 0 Å². The second-order valence-electron chi connectivity index (χ2n) is 6.34. The van der Waals surface area contributed by atoms with Crippen LogP contribution in [0.15, 0.2) is 36.4 Å². The van der Waals surface area contributed by atoms with Gasteiger partial charge in [-0.3, -0.25) is 0 Å². The van der Waals surface area contributed by atoms with E-state index in [2.05, 4.69) is 46.3 Å². The lowest BCUT2D eigenvalue weighted by Crippen LogP contribution is -2.34. The van der Waals surface area contributed by atoms with Gasteiger partial charge in [0.2, 0.25) is 0 Å². The van der Waals surface area contributed by atoms with E-state index in [1.807, 2.05) is 12.1 Å². The van der Waals surface area contributed by atoms with Crippen molar-refractivity contribution in [2.45, 2.75) is 32.6 Å². The van der Waals surface area contributed by atoms with Gasteiger partial charge in [0.1, 0.15) is 6.07 Å². The molecular formula is C19H22N4. The Morgan fingerprint density at radius 1 is 1.09 bits per heavy atom. The van der Waals surface area contributed by atoms with Crippen LogP contribution in [0.5, 0.6) is 0 Å². The number of aromatic nitrogens is 2. The van der Waals surface area contributed by atoms with Crippen molar-refractivity contribution in [3.63, 3.8) is 0 Å². The zero-order valence-electron chi connectivity index (χ0n) is 13.6. The fraction of sp³-hybridized carbons (Fsp3) is 0.421. The zero-order chi connectivity index (χ0) is 16.1. The van der Waals surface area contributed by atoms with Gasteiger partial charge in [0.05, 0.1) is 0 Å². The zero-order valence-corrected chi connectivity index (χ0v) is 13.6. The number of nitrogens with zero attached hydrogens (tertiary/aromatic N) is 4. The van der Waals surface area contributed by atoms with Crippen molar-refractivity contribution in [3.05, 3.63) is 53.2 Å². The largest absolute Gasteiger partial charge is 0.355 e. The van der Waals surface area contributed by atoms with Gasteiger partial charge < -0.3 is 4.90 Å². The van der Waals surface area contributed by atoms with E-state index in [4.69, 9.17) is 5.26 Å². The third kappa shape index (κ3) is 4.07. The first-order valence-corrected chi connectivity index (χ1v) is 8.29. The highest BCUT2D eigenvalue weighted by molar-refractivity contribution is 5.39. The van der Waals surface area contributed by atoms with Crippen molar-refractivity contribution in [2.24, 2.45) is 5.92 Å². The van der Waals surface area contributed by atoms with Gasteiger partial charge in [0.15, 0.2) is 11.5 Å². The molecule has 0 amide bonds. The summed E-state index contributed by atoms with van der Waals surface area (Å²) >= 11 is 0. The van der Waals surface area contributed by atoms with E-state index >= 15 is 0 Å². The molecule has 1 aromatic heterocycles. The maximum Gasteiger partial charge on any atom is 0.163 e. The van der Waals surface area contributed by atoms with Crippen LogP contribution >= 0.6 is 0 Å². The van der Waals surface area contributed by atoms with E-state index in [1.54, 1.807) is 6.07 Å². The third-order valence-corrected chi connectivity index (χ3v) is 4.67. The summed E-state index contributed by atoms with van der Waals surface area (Å²) < 4.78 is 0. The average Bonchev–Trinajstić information content (AvgIpc) is 2.62. The highest BCUT2D eigenvalue weighted by atomic mass is 15.3. The molecule has 0 aliphatic carbocycles. The summed E-state index contributed by atoms with van der Waals surface area (Å²) in [7, 11) is 0. The molecule has 3 rings (SSSR count). The monoisotopic (exact) mass is 306 g/mol. The van der Waals surface area contributed by atoms with Crippen molar-refractivity contribution in [1.82, 2.24) is 10.2 Å². The number of hydrogen-bond donors (Lipinski definition) is 0. The van der Waals surface area contributed by atoms with Crippen molar-refractivity contribution in [2.75, 3.05) is 18.0 Å². The summed E-state index contributed by atoms with van der Waals surface area (Å²) in [5, 5.41) is 16.9. The van der Waals surface area contributed by atoms with Crippen LogP contribution in [-0.2, 0) is 6.42 Å². The van der Waals surface area contributed by atoms with Crippen LogP contribution in [0.4, 0.5) is 5.82 Å². The van der Waals surface area contributed by atoms with E-state index in [-0.39, 0.29) is 0 Å². The smallest absolute Gasteiger partial charge is 0.163 e. The molecule has 23 heavy (non-hydrogen) atoms. The first kappa shape index (κ1) is 15.5. The van der Waals surface area contributed by atoms with Gasteiger partial charge in [0.25, 0.3) is 0 Å². The summed E-state index contributed by atoms with van der Waals surface area (Å²) in [6.07, 6.45) is 4.83. The quantitative estimate of drug-likeness (QED) is 0.867. The van der Waals surface area contributed by atoms with E-state index in [0.717, 1.165) is 24.8 Å². The van der Waals surface area contributed by atoms with Crippen LogP contribution in [0.1, 0.15) is 36.1 Å². The minimum atomic E-state index is 0.377. The molecular weight excluding hydrogens is 284 g/mol. The highest BCUT2D eigenvalue weighted by Crippen LogP contribution is 2.25. The molecule has 0 bridgehead atoms. The minimum absolute atomic E-state index is 0.377. The Balaban J connectivity index is 1.48. The molecule has 0 saturated carbocycles. The molecule has 1 fully saturated rings. The van der Waals surface area contributed by atoms with Gasteiger partial charge in [-0.15, -0.1) is 10.2 Å². The lowest BCUT2D eigenvalue weighted by Gasteiger charge is -2.32. The van der Waals surface area contributed by atoms with Crippen molar-refractivity contribution >= 4 is 5.82 Å².